The maximum absolute atomic E-state index is 12.3. The van der Waals surface area contributed by atoms with E-state index in [1.54, 1.807) is 14.2 Å². The van der Waals surface area contributed by atoms with Crippen LogP contribution in [0, 0.1) is 0 Å². The fourth-order valence-electron chi connectivity index (χ4n) is 4.44. The summed E-state index contributed by atoms with van der Waals surface area (Å²) in [5.74, 6) is 0.194. The Morgan fingerprint density at radius 3 is 2.39 bits per heavy atom. The third-order valence-corrected chi connectivity index (χ3v) is 12.2. The summed E-state index contributed by atoms with van der Waals surface area (Å²) in [6.07, 6.45) is 0.697. The van der Waals surface area contributed by atoms with Crippen LogP contribution in [-0.4, -0.2) is 57.9 Å². The maximum atomic E-state index is 12.3. The number of benzene rings is 1. The molecule has 2 aromatic heterocycles. The van der Waals surface area contributed by atoms with Gasteiger partial charge in [-0.25, -0.2) is 4.79 Å². The van der Waals surface area contributed by atoms with Crippen molar-refractivity contribution in [2.75, 3.05) is 13.7 Å². The molecule has 10 heteroatoms. The number of ether oxygens (including phenoxy) is 1. The summed E-state index contributed by atoms with van der Waals surface area (Å²) in [6.45, 7) is 16.5. The summed E-state index contributed by atoms with van der Waals surface area (Å²) >= 11 is 0. The molecule has 3 aromatic rings. The highest BCUT2D eigenvalue weighted by Crippen LogP contribution is 2.45. The zero-order valence-electron chi connectivity index (χ0n) is 22.8. The number of tetrazole rings is 1. The molecule has 0 saturated heterocycles. The zero-order valence-corrected chi connectivity index (χ0v) is 23.8. The van der Waals surface area contributed by atoms with Gasteiger partial charge in [-0.05, 0) is 59.1 Å². The topological polar surface area (TPSA) is 104 Å². The van der Waals surface area contributed by atoms with Crippen molar-refractivity contribution in [3.05, 3.63) is 35.0 Å². The molecule has 0 atom stereocenters. The van der Waals surface area contributed by atoms with Gasteiger partial charge in [0.25, 0.3) is 0 Å². The number of carbonyl (C=O) groups is 1. The highest BCUT2D eigenvalue weighted by atomic mass is 28.4. The lowest BCUT2D eigenvalue weighted by Gasteiger charge is -2.39. The van der Waals surface area contributed by atoms with E-state index in [1.165, 1.54) is 4.80 Å². The first-order valence-corrected chi connectivity index (χ1v) is 15.1. The van der Waals surface area contributed by atoms with Crippen LogP contribution in [0.25, 0.3) is 22.6 Å². The molecule has 194 valence electrons. The Balaban J connectivity index is 1.88. The number of nitrogens with zero attached hydrogens (tertiary/aromatic N) is 5. The Labute approximate surface area is 213 Å². The molecule has 36 heavy (non-hydrogen) atoms. The Morgan fingerprint density at radius 2 is 1.83 bits per heavy atom. The molecular weight excluding hydrogens is 474 g/mol. The molecular formula is C26H37N5O4Si. The molecule has 9 nitrogen and oxygen atoms in total. The average molecular weight is 512 g/mol. The van der Waals surface area contributed by atoms with Gasteiger partial charge in [0.1, 0.15) is 11.4 Å². The van der Waals surface area contributed by atoms with Crippen LogP contribution in [0.5, 0.6) is 5.75 Å². The van der Waals surface area contributed by atoms with Crippen LogP contribution in [0.1, 0.15) is 56.2 Å². The third-order valence-electron chi connectivity index (χ3n) is 7.68. The summed E-state index contributed by atoms with van der Waals surface area (Å²) < 4.78 is 14.2. The summed E-state index contributed by atoms with van der Waals surface area (Å²) in [4.78, 5) is 13.7. The van der Waals surface area contributed by atoms with E-state index >= 15 is 0 Å². The second-order valence-electron chi connectivity index (χ2n) is 11.7. The van der Waals surface area contributed by atoms with Crippen molar-refractivity contribution in [2.45, 2.75) is 71.1 Å². The van der Waals surface area contributed by atoms with Gasteiger partial charge < -0.3 is 18.8 Å². The molecule has 0 radical (unpaired) electrons. The van der Waals surface area contributed by atoms with Gasteiger partial charge in [-0.3, -0.25) is 0 Å². The number of hydrogen-bond acceptors (Lipinski definition) is 6. The van der Waals surface area contributed by atoms with Crippen LogP contribution in [0.4, 0.5) is 0 Å². The van der Waals surface area contributed by atoms with E-state index in [-0.39, 0.29) is 5.04 Å². The maximum Gasteiger partial charge on any atom is 0.352 e. The van der Waals surface area contributed by atoms with Crippen LogP contribution < -0.4 is 4.74 Å². The highest BCUT2D eigenvalue weighted by molar-refractivity contribution is 6.74. The quantitative estimate of drug-likeness (QED) is 0.450. The molecule has 1 aromatic carbocycles. The molecule has 3 heterocycles. The van der Waals surface area contributed by atoms with Crippen molar-refractivity contribution in [1.29, 1.82) is 0 Å². The monoisotopic (exact) mass is 511 g/mol. The predicted molar refractivity (Wildman–Crippen MR) is 141 cm³/mol. The molecule has 0 spiro atoms. The molecule has 0 fully saturated rings. The standard InChI is InChI=1S/C26H37N5O4Si/c1-25(2,3)36(8,9)35-15-26(4,5)19-14-20(24(32)33)31-11-10-16-12-21(34-7)18(13-17(16)22(19)31)23-27-29-30(6)28-23/h12-14H,10-11,15H2,1-9H3,(H,32,33). The van der Waals surface area contributed by atoms with Crippen molar-refractivity contribution >= 4 is 14.3 Å². The van der Waals surface area contributed by atoms with Crippen LogP contribution in [-0.2, 0) is 29.9 Å². The fraction of sp³-hybridized carbons (Fsp3) is 0.538. The number of rotatable bonds is 7. The van der Waals surface area contributed by atoms with Gasteiger partial charge in [0.05, 0.1) is 25.4 Å². The van der Waals surface area contributed by atoms with E-state index in [0.717, 1.165) is 27.9 Å². The van der Waals surface area contributed by atoms with E-state index in [4.69, 9.17) is 9.16 Å². The van der Waals surface area contributed by atoms with Gasteiger partial charge in [-0.2, -0.15) is 4.80 Å². The Kier molecular flexibility index (Phi) is 6.41. The van der Waals surface area contributed by atoms with Crippen molar-refractivity contribution in [3.63, 3.8) is 0 Å². The van der Waals surface area contributed by atoms with Crippen molar-refractivity contribution in [3.8, 4) is 28.4 Å². The van der Waals surface area contributed by atoms with Crippen molar-refractivity contribution in [1.82, 2.24) is 24.8 Å². The Morgan fingerprint density at radius 1 is 1.14 bits per heavy atom. The first kappa shape index (κ1) is 26.1. The molecule has 1 aliphatic heterocycles. The van der Waals surface area contributed by atoms with Crippen LogP contribution in [0.2, 0.25) is 18.1 Å². The minimum Gasteiger partial charge on any atom is -0.496 e. The van der Waals surface area contributed by atoms with Gasteiger partial charge in [-0.1, -0.05) is 34.6 Å². The number of aryl methyl sites for hydroxylation is 2. The summed E-state index contributed by atoms with van der Waals surface area (Å²) in [6, 6.07) is 5.85. The van der Waals surface area contributed by atoms with Crippen LogP contribution in [0.3, 0.4) is 0 Å². The van der Waals surface area contributed by atoms with Gasteiger partial charge in [0.2, 0.25) is 5.82 Å². The predicted octanol–water partition coefficient (Wildman–Crippen LogP) is 4.91. The number of hydrogen-bond donors (Lipinski definition) is 1. The first-order chi connectivity index (χ1) is 16.7. The fourth-order valence-corrected chi connectivity index (χ4v) is 5.59. The minimum atomic E-state index is -2.00. The summed E-state index contributed by atoms with van der Waals surface area (Å²) in [7, 11) is 1.35. The highest BCUT2D eigenvalue weighted by Gasteiger charge is 2.40. The number of carboxylic acids is 1. The Bertz CT molecular complexity index is 1320. The van der Waals surface area contributed by atoms with Gasteiger partial charge in [0, 0.05) is 24.1 Å². The molecule has 0 bridgehead atoms. The number of aromatic carboxylic acids is 1. The second-order valence-corrected chi connectivity index (χ2v) is 16.6. The van der Waals surface area contributed by atoms with E-state index in [0.29, 0.717) is 36.8 Å². The van der Waals surface area contributed by atoms with Gasteiger partial charge in [-0.15, -0.1) is 10.2 Å². The minimum absolute atomic E-state index is 0.0806. The first-order valence-electron chi connectivity index (χ1n) is 12.2. The normalized spacial score (nSPS) is 13.9. The van der Waals surface area contributed by atoms with Gasteiger partial charge >= 0.3 is 5.97 Å². The van der Waals surface area contributed by atoms with Crippen molar-refractivity contribution < 1.29 is 19.1 Å². The summed E-state index contributed by atoms with van der Waals surface area (Å²) in [5.41, 5.74) is 4.53. The number of carboxylic acid groups (broad SMARTS) is 1. The van der Waals surface area contributed by atoms with E-state index < -0.39 is 19.7 Å². The average Bonchev–Trinajstić information content (AvgIpc) is 3.40. The van der Waals surface area contributed by atoms with Gasteiger partial charge in [0.15, 0.2) is 8.32 Å². The zero-order chi connectivity index (χ0) is 26.6. The number of methoxy groups -OCH3 is 1. The molecule has 0 saturated carbocycles. The lowest BCUT2D eigenvalue weighted by molar-refractivity contribution is 0.0685. The van der Waals surface area contributed by atoms with E-state index in [1.807, 2.05) is 22.8 Å². The molecule has 1 N–H and O–H groups in total. The number of aromatic nitrogens is 5. The lowest BCUT2D eigenvalue weighted by Crippen LogP contribution is -2.44. The molecule has 1 aliphatic rings. The molecule has 0 amide bonds. The molecule has 0 aliphatic carbocycles. The third kappa shape index (κ3) is 4.48. The van der Waals surface area contributed by atoms with Crippen LogP contribution in [0.15, 0.2) is 18.2 Å². The smallest absolute Gasteiger partial charge is 0.352 e. The van der Waals surface area contributed by atoms with Crippen LogP contribution >= 0.6 is 0 Å². The molecule has 0 unspecified atom stereocenters. The van der Waals surface area contributed by atoms with Crippen molar-refractivity contribution in [2.24, 2.45) is 7.05 Å². The Hall–Kier alpha value is -2.98. The SMILES string of the molecule is COc1cc2c(cc1-c1nnn(C)n1)-c1c(C(C)(C)CO[Si](C)(C)C(C)(C)C)cc(C(=O)O)n1CC2. The second kappa shape index (κ2) is 8.84. The number of fused-ring (bicyclic) bond motifs is 3. The largest absolute Gasteiger partial charge is 0.496 e. The summed E-state index contributed by atoms with van der Waals surface area (Å²) in [5, 5.41) is 22.7. The van der Waals surface area contributed by atoms with E-state index in [2.05, 4.69) is 63.1 Å². The lowest BCUT2D eigenvalue weighted by atomic mass is 9.82. The molecule has 4 rings (SSSR count). The van der Waals surface area contributed by atoms with E-state index in [9.17, 15) is 9.90 Å².